The molecule has 1 unspecified atom stereocenters. The largest absolute Gasteiger partial charge is 0.480 e. The molecule has 21 heavy (non-hydrogen) atoms. The van der Waals surface area contributed by atoms with Crippen molar-refractivity contribution in [3.8, 4) is 5.75 Å². The first-order valence-corrected chi connectivity index (χ1v) is 8.21. The maximum atomic E-state index is 12.2. The molecule has 1 aliphatic rings. The van der Waals surface area contributed by atoms with E-state index in [1.54, 1.807) is 26.0 Å². The van der Waals surface area contributed by atoms with Gasteiger partial charge >= 0.3 is 0 Å². The molecule has 116 valence electrons. The summed E-state index contributed by atoms with van der Waals surface area (Å²) in [4.78, 5) is 12.2. The molecule has 0 aliphatic heterocycles. The fourth-order valence-corrected chi connectivity index (χ4v) is 2.93. The van der Waals surface area contributed by atoms with E-state index >= 15 is 0 Å². The molecule has 0 spiro atoms. The van der Waals surface area contributed by atoms with Crippen molar-refractivity contribution in [2.45, 2.75) is 57.8 Å². The molecule has 2 atom stereocenters. The van der Waals surface area contributed by atoms with E-state index in [0.29, 0.717) is 11.3 Å². The van der Waals surface area contributed by atoms with Crippen LogP contribution >= 0.6 is 15.9 Å². The Balaban J connectivity index is 2.02. The predicted molar refractivity (Wildman–Crippen MR) is 85.3 cm³/mol. The molecule has 1 fully saturated rings. The van der Waals surface area contributed by atoms with Gasteiger partial charge in [-0.1, -0.05) is 34.8 Å². The Hall–Kier alpha value is -1.07. The molecule has 0 saturated heterocycles. The zero-order chi connectivity index (χ0) is 15.4. The third-order valence-electron chi connectivity index (χ3n) is 3.80. The summed E-state index contributed by atoms with van der Waals surface area (Å²) >= 11 is 3.38. The van der Waals surface area contributed by atoms with Crippen LogP contribution in [0.25, 0.3) is 0 Å². The number of aliphatic hydroxyl groups is 1. The fourth-order valence-electron chi connectivity index (χ4n) is 2.59. The van der Waals surface area contributed by atoms with Gasteiger partial charge in [-0.15, -0.1) is 0 Å². The average molecular weight is 356 g/mol. The lowest BCUT2D eigenvalue weighted by Gasteiger charge is -2.20. The van der Waals surface area contributed by atoms with Crippen molar-refractivity contribution in [2.75, 3.05) is 0 Å². The standard InChI is InChI=1S/C16H22BrNO3/c1-10(19)14-8-7-12(17)9-15(14)21-11(2)16(20)18-13-5-3-4-6-13/h7-11,13,19H,3-6H2,1-2H3,(H,18,20)/t10-,11?/m1/s1. The van der Waals surface area contributed by atoms with E-state index in [9.17, 15) is 9.90 Å². The van der Waals surface area contributed by atoms with Crippen molar-refractivity contribution in [3.05, 3.63) is 28.2 Å². The molecular weight excluding hydrogens is 334 g/mol. The minimum atomic E-state index is -0.641. The van der Waals surface area contributed by atoms with Crippen LogP contribution in [0.2, 0.25) is 0 Å². The Bertz CT molecular complexity index is 498. The summed E-state index contributed by atoms with van der Waals surface area (Å²) in [7, 11) is 0. The number of rotatable bonds is 5. The van der Waals surface area contributed by atoms with Crippen LogP contribution < -0.4 is 10.1 Å². The quantitative estimate of drug-likeness (QED) is 0.851. The monoisotopic (exact) mass is 355 g/mol. The summed E-state index contributed by atoms with van der Waals surface area (Å²) in [6.45, 7) is 3.41. The summed E-state index contributed by atoms with van der Waals surface area (Å²) in [5, 5.41) is 12.8. The topological polar surface area (TPSA) is 58.6 Å². The minimum absolute atomic E-state index is 0.0987. The number of nitrogens with one attached hydrogen (secondary N) is 1. The third kappa shape index (κ3) is 4.45. The highest BCUT2D eigenvalue weighted by atomic mass is 79.9. The number of amides is 1. The van der Waals surface area contributed by atoms with E-state index in [-0.39, 0.29) is 11.9 Å². The highest BCUT2D eigenvalue weighted by Gasteiger charge is 2.22. The van der Waals surface area contributed by atoms with E-state index in [4.69, 9.17) is 4.74 Å². The molecule has 5 heteroatoms. The van der Waals surface area contributed by atoms with Crippen LogP contribution in [0.4, 0.5) is 0 Å². The van der Waals surface area contributed by atoms with E-state index in [0.717, 1.165) is 17.3 Å². The molecule has 0 aromatic heterocycles. The Morgan fingerprint density at radius 1 is 1.38 bits per heavy atom. The van der Waals surface area contributed by atoms with Crippen molar-refractivity contribution < 1.29 is 14.6 Å². The molecule has 1 aliphatic carbocycles. The van der Waals surface area contributed by atoms with Gasteiger partial charge in [0.15, 0.2) is 6.10 Å². The summed E-state index contributed by atoms with van der Waals surface area (Å²) in [6.07, 6.45) is 3.23. The van der Waals surface area contributed by atoms with Crippen molar-refractivity contribution >= 4 is 21.8 Å². The average Bonchev–Trinajstić information content (AvgIpc) is 2.91. The fraction of sp³-hybridized carbons (Fsp3) is 0.562. The number of hydrogen-bond acceptors (Lipinski definition) is 3. The van der Waals surface area contributed by atoms with Gasteiger partial charge in [0.25, 0.3) is 5.91 Å². The van der Waals surface area contributed by atoms with Crippen LogP contribution in [0, 0.1) is 0 Å². The Morgan fingerprint density at radius 3 is 2.67 bits per heavy atom. The van der Waals surface area contributed by atoms with Gasteiger partial charge in [-0.25, -0.2) is 0 Å². The van der Waals surface area contributed by atoms with Crippen LogP contribution in [0.1, 0.15) is 51.2 Å². The molecule has 1 saturated carbocycles. The van der Waals surface area contributed by atoms with Crippen LogP contribution in [0.15, 0.2) is 22.7 Å². The van der Waals surface area contributed by atoms with Gasteiger partial charge in [-0.2, -0.15) is 0 Å². The highest BCUT2D eigenvalue weighted by Crippen LogP contribution is 2.29. The Kier molecular flexibility index (Phi) is 5.65. The van der Waals surface area contributed by atoms with Crippen LogP contribution in [0.3, 0.4) is 0 Å². The maximum absolute atomic E-state index is 12.2. The van der Waals surface area contributed by atoms with Gasteiger partial charge in [0, 0.05) is 16.1 Å². The molecule has 2 N–H and O–H groups in total. The Labute approximate surface area is 134 Å². The third-order valence-corrected chi connectivity index (χ3v) is 4.29. The van der Waals surface area contributed by atoms with E-state index < -0.39 is 12.2 Å². The van der Waals surface area contributed by atoms with Crippen molar-refractivity contribution in [1.29, 1.82) is 0 Å². The lowest BCUT2D eigenvalue weighted by atomic mass is 10.1. The molecule has 4 nitrogen and oxygen atoms in total. The van der Waals surface area contributed by atoms with Gasteiger partial charge in [-0.3, -0.25) is 4.79 Å². The van der Waals surface area contributed by atoms with Crippen LogP contribution in [-0.2, 0) is 4.79 Å². The number of halogens is 1. The van der Waals surface area contributed by atoms with Crippen LogP contribution in [-0.4, -0.2) is 23.2 Å². The first-order chi connectivity index (χ1) is 9.97. The van der Waals surface area contributed by atoms with Gasteiger partial charge in [0.05, 0.1) is 6.10 Å². The number of hydrogen-bond donors (Lipinski definition) is 2. The number of ether oxygens (including phenoxy) is 1. The number of carbonyl (C=O) groups is 1. The molecule has 2 rings (SSSR count). The first-order valence-electron chi connectivity index (χ1n) is 7.42. The number of carbonyl (C=O) groups excluding carboxylic acids is 1. The summed E-state index contributed by atoms with van der Waals surface area (Å²) in [6, 6.07) is 5.70. The van der Waals surface area contributed by atoms with E-state index in [2.05, 4.69) is 21.2 Å². The second kappa shape index (κ2) is 7.27. The maximum Gasteiger partial charge on any atom is 0.260 e. The van der Waals surface area contributed by atoms with Crippen molar-refractivity contribution in [2.24, 2.45) is 0 Å². The van der Waals surface area contributed by atoms with Gasteiger partial charge in [-0.05, 0) is 38.8 Å². The lowest BCUT2D eigenvalue weighted by Crippen LogP contribution is -2.41. The first kappa shape index (κ1) is 16.3. The molecule has 0 heterocycles. The van der Waals surface area contributed by atoms with Gasteiger partial charge in [0.1, 0.15) is 5.75 Å². The SMILES string of the molecule is CC(Oc1cc(Br)ccc1[C@@H](C)O)C(=O)NC1CCCC1. The molecule has 1 aromatic carbocycles. The zero-order valence-electron chi connectivity index (χ0n) is 12.4. The second-order valence-electron chi connectivity index (χ2n) is 5.61. The van der Waals surface area contributed by atoms with Crippen molar-refractivity contribution in [1.82, 2.24) is 5.32 Å². The summed E-state index contributed by atoms with van der Waals surface area (Å²) in [5.41, 5.74) is 0.679. The zero-order valence-corrected chi connectivity index (χ0v) is 14.0. The summed E-state index contributed by atoms with van der Waals surface area (Å²) < 4.78 is 6.61. The highest BCUT2D eigenvalue weighted by molar-refractivity contribution is 9.10. The second-order valence-corrected chi connectivity index (χ2v) is 6.52. The predicted octanol–water partition coefficient (Wildman–Crippen LogP) is 3.33. The van der Waals surface area contributed by atoms with Crippen LogP contribution in [0.5, 0.6) is 5.75 Å². The Morgan fingerprint density at radius 2 is 2.05 bits per heavy atom. The normalized spacial score (nSPS) is 18.3. The molecule has 1 aromatic rings. The van der Waals surface area contributed by atoms with Gasteiger partial charge < -0.3 is 15.2 Å². The molecular formula is C16H22BrNO3. The molecule has 0 radical (unpaired) electrons. The number of benzene rings is 1. The molecule has 1 amide bonds. The van der Waals surface area contributed by atoms with E-state index in [1.165, 1.54) is 12.8 Å². The molecule has 0 bridgehead atoms. The lowest BCUT2D eigenvalue weighted by molar-refractivity contribution is -0.128. The number of aliphatic hydroxyl groups excluding tert-OH is 1. The van der Waals surface area contributed by atoms with Crippen molar-refractivity contribution in [3.63, 3.8) is 0 Å². The van der Waals surface area contributed by atoms with Gasteiger partial charge in [0.2, 0.25) is 0 Å². The van der Waals surface area contributed by atoms with E-state index in [1.807, 2.05) is 6.07 Å². The smallest absolute Gasteiger partial charge is 0.260 e. The minimum Gasteiger partial charge on any atom is -0.480 e. The summed E-state index contributed by atoms with van der Waals surface area (Å²) in [5.74, 6) is 0.437.